The summed E-state index contributed by atoms with van der Waals surface area (Å²) in [5.74, 6) is 0.901. The van der Waals surface area contributed by atoms with Crippen molar-refractivity contribution in [3.8, 4) is 11.4 Å². The van der Waals surface area contributed by atoms with Gasteiger partial charge in [0.2, 0.25) is 0 Å². The normalized spacial score (nSPS) is 19.7. The second-order valence-electron chi connectivity index (χ2n) is 9.36. The number of ether oxygens (including phenoxy) is 1. The fourth-order valence-electron chi connectivity index (χ4n) is 3.98. The van der Waals surface area contributed by atoms with Gasteiger partial charge in [0.05, 0.1) is 11.7 Å². The second-order valence-corrected chi connectivity index (χ2v) is 9.36. The van der Waals surface area contributed by atoms with Gasteiger partial charge in [-0.05, 0) is 58.7 Å². The van der Waals surface area contributed by atoms with Crippen molar-refractivity contribution < 1.29 is 18.3 Å². The number of aromatic nitrogens is 3. The first-order chi connectivity index (χ1) is 14.6. The van der Waals surface area contributed by atoms with Gasteiger partial charge in [-0.3, -0.25) is 0 Å². The van der Waals surface area contributed by atoms with E-state index >= 15 is 0 Å². The Kier molecular flexibility index (Phi) is 5.31. The van der Waals surface area contributed by atoms with Gasteiger partial charge in [0, 0.05) is 30.3 Å². The number of halogens is 2. The lowest BCUT2D eigenvalue weighted by Gasteiger charge is -2.24. The first-order valence-electron chi connectivity index (χ1n) is 10.4. The molecule has 31 heavy (non-hydrogen) atoms. The number of anilines is 1. The average Bonchev–Trinajstić information content (AvgIpc) is 3.37. The van der Waals surface area contributed by atoms with Crippen LogP contribution in [-0.4, -0.2) is 50.7 Å². The van der Waals surface area contributed by atoms with E-state index in [-0.39, 0.29) is 29.1 Å². The summed E-state index contributed by atoms with van der Waals surface area (Å²) in [6.45, 7) is 8.60. The van der Waals surface area contributed by atoms with E-state index in [1.54, 1.807) is 24.0 Å². The van der Waals surface area contributed by atoms with Crippen molar-refractivity contribution in [3.05, 3.63) is 35.8 Å². The van der Waals surface area contributed by atoms with Crippen LogP contribution in [0.2, 0.25) is 0 Å². The minimum absolute atomic E-state index is 0.0554. The monoisotopic (exact) mass is 431 g/mol. The minimum atomic E-state index is -2.65. The number of nitrogens with one attached hydrogen (secondary N) is 1. The molecule has 1 saturated heterocycles. The number of likely N-dealkylation sites (tertiary alicyclic amines) is 1. The number of rotatable bonds is 4. The molecule has 1 N–H and O–H groups in total. The molecule has 1 aliphatic carbocycles. The van der Waals surface area contributed by atoms with Gasteiger partial charge in [-0.15, -0.1) is 0 Å². The summed E-state index contributed by atoms with van der Waals surface area (Å²) in [6, 6.07) is 4.87. The first-order valence-corrected chi connectivity index (χ1v) is 10.4. The van der Waals surface area contributed by atoms with Crippen LogP contribution in [0.1, 0.15) is 51.4 Å². The van der Waals surface area contributed by atoms with Crippen molar-refractivity contribution in [3.63, 3.8) is 0 Å². The zero-order valence-electron chi connectivity index (χ0n) is 18.2. The van der Waals surface area contributed by atoms with Gasteiger partial charge in [0.15, 0.2) is 5.82 Å². The Morgan fingerprint density at radius 3 is 2.61 bits per heavy atom. The number of pyridine rings is 1. The molecular weight excluding hydrogens is 404 g/mol. The second kappa shape index (κ2) is 7.69. The number of alkyl halides is 2. The van der Waals surface area contributed by atoms with Crippen LogP contribution in [0.4, 0.5) is 19.4 Å². The molecule has 1 saturated carbocycles. The summed E-state index contributed by atoms with van der Waals surface area (Å²) >= 11 is 0. The van der Waals surface area contributed by atoms with Crippen molar-refractivity contribution >= 4 is 11.9 Å². The molecule has 0 radical (unpaired) electrons. The summed E-state index contributed by atoms with van der Waals surface area (Å²) in [4.78, 5) is 26.9. The first kappa shape index (κ1) is 21.4. The molecule has 0 bridgehead atoms. The van der Waals surface area contributed by atoms with E-state index in [2.05, 4.69) is 20.3 Å². The molecule has 2 fully saturated rings. The van der Waals surface area contributed by atoms with Gasteiger partial charge in [0.25, 0.3) is 6.43 Å². The zero-order valence-corrected chi connectivity index (χ0v) is 18.2. The van der Waals surface area contributed by atoms with Gasteiger partial charge in [0.1, 0.15) is 17.1 Å². The molecule has 1 aliphatic heterocycles. The van der Waals surface area contributed by atoms with Crippen molar-refractivity contribution in [1.82, 2.24) is 19.9 Å². The quantitative estimate of drug-likeness (QED) is 0.762. The molecular formula is C22H27F2N5O2. The maximum Gasteiger partial charge on any atom is 0.410 e. The number of carbonyl (C=O) groups is 1. The largest absolute Gasteiger partial charge is 0.444 e. The summed E-state index contributed by atoms with van der Waals surface area (Å²) < 4.78 is 31.4. The Bertz CT molecular complexity index is 988. The maximum absolute atomic E-state index is 13.0. The number of nitrogens with zero attached hydrogens (tertiary/aromatic N) is 4. The SMILES string of the molecule is Cc1nc(N[C@@H]2CN(C(=O)OC(C)(C)C)CC23CC3)ccc1-c1nccc(C(F)F)n1. The molecule has 7 nitrogen and oxygen atoms in total. The van der Waals surface area contributed by atoms with Crippen molar-refractivity contribution in [2.45, 2.75) is 58.6 Å². The molecule has 1 atom stereocenters. The fourth-order valence-corrected chi connectivity index (χ4v) is 3.98. The van der Waals surface area contributed by atoms with E-state index in [0.717, 1.165) is 12.8 Å². The summed E-state index contributed by atoms with van der Waals surface area (Å²) in [5, 5.41) is 3.47. The van der Waals surface area contributed by atoms with E-state index < -0.39 is 12.0 Å². The van der Waals surface area contributed by atoms with Crippen molar-refractivity contribution in [2.24, 2.45) is 5.41 Å². The highest BCUT2D eigenvalue weighted by Gasteiger charge is 2.56. The van der Waals surface area contributed by atoms with E-state index in [4.69, 9.17) is 4.74 Å². The topological polar surface area (TPSA) is 80.2 Å². The zero-order chi connectivity index (χ0) is 22.4. The average molecular weight is 431 g/mol. The van der Waals surface area contributed by atoms with Gasteiger partial charge in [-0.1, -0.05) is 0 Å². The van der Waals surface area contributed by atoms with Crippen molar-refractivity contribution in [1.29, 1.82) is 0 Å². The predicted octanol–water partition coefficient (Wildman–Crippen LogP) is 4.60. The van der Waals surface area contributed by atoms with Crippen LogP contribution in [0, 0.1) is 12.3 Å². The molecule has 3 heterocycles. The van der Waals surface area contributed by atoms with Crippen LogP contribution in [0.25, 0.3) is 11.4 Å². The molecule has 9 heteroatoms. The molecule has 1 spiro atoms. The number of aryl methyl sites for hydroxylation is 1. The summed E-state index contributed by atoms with van der Waals surface area (Å²) in [6.07, 6.45) is 0.486. The van der Waals surface area contributed by atoms with Crippen LogP contribution in [0.3, 0.4) is 0 Å². The van der Waals surface area contributed by atoms with Gasteiger partial charge < -0.3 is 15.0 Å². The summed E-state index contributed by atoms with van der Waals surface area (Å²) in [7, 11) is 0. The Hall–Kier alpha value is -2.84. The highest BCUT2D eigenvalue weighted by atomic mass is 19.3. The van der Waals surface area contributed by atoms with Gasteiger partial charge in [-0.2, -0.15) is 0 Å². The lowest BCUT2D eigenvalue weighted by atomic mass is 10.0. The lowest BCUT2D eigenvalue weighted by Crippen LogP contribution is -2.36. The van der Waals surface area contributed by atoms with E-state index in [1.165, 1.54) is 12.3 Å². The fraction of sp³-hybridized carbons (Fsp3) is 0.545. The van der Waals surface area contributed by atoms with Gasteiger partial charge >= 0.3 is 6.09 Å². The smallest absolute Gasteiger partial charge is 0.410 e. The Morgan fingerprint density at radius 1 is 1.26 bits per heavy atom. The predicted molar refractivity (Wildman–Crippen MR) is 112 cm³/mol. The third-order valence-corrected chi connectivity index (χ3v) is 5.74. The van der Waals surface area contributed by atoms with Crippen LogP contribution in [-0.2, 0) is 4.74 Å². The Balaban J connectivity index is 1.48. The number of amides is 1. The van der Waals surface area contributed by atoms with Crippen LogP contribution in [0.5, 0.6) is 0 Å². The van der Waals surface area contributed by atoms with Crippen molar-refractivity contribution in [2.75, 3.05) is 18.4 Å². The molecule has 4 rings (SSSR count). The lowest BCUT2D eigenvalue weighted by molar-refractivity contribution is 0.0285. The van der Waals surface area contributed by atoms with E-state index in [1.807, 2.05) is 20.8 Å². The van der Waals surface area contributed by atoms with Crippen LogP contribution < -0.4 is 5.32 Å². The maximum atomic E-state index is 13.0. The highest BCUT2D eigenvalue weighted by molar-refractivity contribution is 5.69. The third-order valence-electron chi connectivity index (χ3n) is 5.74. The molecule has 0 aromatic carbocycles. The standard InChI is InChI=1S/C22H27F2N5O2/c1-13-14(19-25-10-7-15(27-19)18(23)24)5-6-17(26-13)28-16-11-29(12-22(16)8-9-22)20(30)31-21(2,3)4/h5-7,10,16,18H,8-9,11-12H2,1-4H3,(H,26,28)/t16-/m1/s1. The van der Waals surface area contributed by atoms with Gasteiger partial charge in [-0.25, -0.2) is 28.5 Å². The number of hydrogen-bond acceptors (Lipinski definition) is 6. The van der Waals surface area contributed by atoms with Crippen LogP contribution >= 0.6 is 0 Å². The molecule has 2 aromatic rings. The third kappa shape index (κ3) is 4.60. The molecule has 0 unspecified atom stereocenters. The van der Waals surface area contributed by atoms with E-state index in [0.29, 0.717) is 30.2 Å². The molecule has 1 amide bonds. The number of carbonyl (C=O) groups excluding carboxylic acids is 1. The summed E-state index contributed by atoms with van der Waals surface area (Å²) in [5.41, 5.74) is 0.465. The van der Waals surface area contributed by atoms with Crippen LogP contribution in [0.15, 0.2) is 24.4 Å². The van der Waals surface area contributed by atoms with E-state index in [9.17, 15) is 13.6 Å². The Labute approximate surface area is 180 Å². The molecule has 2 aliphatic rings. The molecule has 166 valence electrons. The number of hydrogen-bond donors (Lipinski definition) is 1. The minimum Gasteiger partial charge on any atom is -0.444 e. The highest BCUT2D eigenvalue weighted by Crippen LogP contribution is 2.53. The molecule has 2 aromatic heterocycles. The Morgan fingerprint density at radius 2 is 2.00 bits per heavy atom.